The van der Waals surface area contributed by atoms with Gasteiger partial charge in [0.1, 0.15) is 5.75 Å². The van der Waals surface area contributed by atoms with Gasteiger partial charge in [0.2, 0.25) is 0 Å². The van der Waals surface area contributed by atoms with Crippen molar-refractivity contribution < 1.29 is 19.4 Å². The second-order valence-electron chi connectivity index (χ2n) is 4.30. The highest BCUT2D eigenvalue weighted by Crippen LogP contribution is 2.15. The fraction of sp³-hybridized carbons (Fsp3) is 0.500. The van der Waals surface area contributed by atoms with Crippen LogP contribution in [0.15, 0.2) is 18.2 Å². The molecule has 0 bridgehead atoms. The zero-order valence-corrected chi connectivity index (χ0v) is 11.4. The van der Waals surface area contributed by atoms with E-state index in [0.29, 0.717) is 18.9 Å². The van der Waals surface area contributed by atoms with E-state index in [4.69, 9.17) is 14.6 Å². The standard InChI is InChI=1S/C14H21NO4/c1-11-7-12(2)9-13(8-11)19-10-14(17)15-3-5-18-6-4-16/h7-9,16H,3-6,10H2,1-2H3,(H,15,17). The number of amides is 1. The molecule has 5 nitrogen and oxygen atoms in total. The molecule has 1 rings (SSSR count). The molecular formula is C14H21NO4. The minimum atomic E-state index is -0.188. The first-order chi connectivity index (χ1) is 9.11. The lowest BCUT2D eigenvalue weighted by Crippen LogP contribution is -2.31. The van der Waals surface area contributed by atoms with Crippen LogP contribution in [0.2, 0.25) is 0 Å². The van der Waals surface area contributed by atoms with E-state index < -0.39 is 0 Å². The van der Waals surface area contributed by atoms with Crippen molar-refractivity contribution in [3.63, 3.8) is 0 Å². The molecule has 2 N–H and O–H groups in total. The van der Waals surface area contributed by atoms with E-state index in [-0.39, 0.29) is 25.7 Å². The van der Waals surface area contributed by atoms with Crippen molar-refractivity contribution in [2.45, 2.75) is 13.8 Å². The number of hydrogen-bond donors (Lipinski definition) is 2. The zero-order chi connectivity index (χ0) is 14.1. The first-order valence-corrected chi connectivity index (χ1v) is 6.28. The number of aliphatic hydroxyl groups is 1. The van der Waals surface area contributed by atoms with Gasteiger partial charge in [-0.3, -0.25) is 4.79 Å². The normalized spacial score (nSPS) is 10.3. The molecule has 0 unspecified atom stereocenters. The Kier molecular flexibility index (Phi) is 6.92. The number of aliphatic hydroxyl groups excluding tert-OH is 1. The molecule has 0 aliphatic heterocycles. The molecule has 0 saturated carbocycles. The molecule has 0 heterocycles. The number of benzene rings is 1. The third kappa shape index (κ3) is 6.79. The van der Waals surface area contributed by atoms with Crippen LogP contribution in [0.3, 0.4) is 0 Å². The van der Waals surface area contributed by atoms with Crippen LogP contribution in [0.1, 0.15) is 11.1 Å². The van der Waals surface area contributed by atoms with Crippen molar-refractivity contribution in [2.75, 3.05) is 33.0 Å². The zero-order valence-electron chi connectivity index (χ0n) is 11.4. The Morgan fingerprint density at radius 2 is 1.89 bits per heavy atom. The van der Waals surface area contributed by atoms with Gasteiger partial charge in [-0.1, -0.05) is 6.07 Å². The van der Waals surface area contributed by atoms with Crippen LogP contribution in [-0.2, 0) is 9.53 Å². The third-order valence-electron chi connectivity index (χ3n) is 2.37. The number of aryl methyl sites for hydroxylation is 2. The largest absolute Gasteiger partial charge is 0.484 e. The predicted octanol–water partition coefficient (Wildman–Crippen LogP) is 0.807. The lowest BCUT2D eigenvalue weighted by Gasteiger charge is -2.09. The monoisotopic (exact) mass is 267 g/mol. The highest BCUT2D eigenvalue weighted by atomic mass is 16.5. The lowest BCUT2D eigenvalue weighted by molar-refractivity contribution is -0.123. The number of hydrogen-bond acceptors (Lipinski definition) is 4. The summed E-state index contributed by atoms with van der Waals surface area (Å²) >= 11 is 0. The molecule has 0 radical (unpaired) electrons. The van der Waals surface area contributed by atoms with Crippen LogP contribution in [0, 0.1) is 13.8 Å². The minimum absolute atomic E-state index is 0.0102. The summed E-state index contributed by atoms with van der Waals surface area (Å²) in [4.78, 5) is 11.5. The topological polar surface area (TPSA) is 67.8 Å². The van der Waals surface area contributed by atoms with Crippen molar-refractivity contribution >= 4 is 5.91 Å². The average Bonchev–Trinajstić information content (AvgIpc) is 2.35. The Balaban J connectivity index is 2.22. The summed E-state index contributed by atoms with van der Waals surface area (Å²) in [6.45, 7) is 5.03. The van der Waals surface area contributed by atoms with Crippen LogP contribution >= 0.6 is 0 Å². The highest BCUT2D eigenvalue weighted by molar-refractivity contribution is 5.77. The molecule has 106 valence electrons. The van der Waals surface area contributed by atoms with Gasteiger partial charge < -0.3 is 19.9 Å². The maximum atomic E-state index is 11.5. The van der Waals surface area contributed by atoms with Crippen molar-refractivity contribution in [1.29, 1.82) is 0 Å². The Morgan fingerprint density at radius 3 is 2.53 bits per heavy atom. The van der Waals surface area contributed by atoms with Gasteiger partial charge in [-0.05, 0) is 37.1 Å². The number of rotatable bonds is 8. The van der Waals surface area contributed by atoms with Crippen molar-refractivity contribution in [3.8, 4) is 5.75 Å². The number of nitrogens with one attached hydrogen (secondary N) is 1. The average molecular weight is 267 g/mol. The predicted molar refractivity (Wildman–Crippen MR) is 72.3 cm³/mol. The van der Waals surface area contributed by atoms with Gasteiger partial charge in [0.15, 0.2) is 6.61 Å². The van der Waals surface area contributed by atoms with Crippen LogP contribution in [0.5, 0.6) is 5.75 Å². The molecule has 5 heteroatoms. The van der Waals surface area contributed by atoms with E-state index in [1.807, 2.05) is 32.0 Å². The van der Waals surface area contributed by atoms with E-state index in [1.54, 1.807) is 0 Å². The third-order valence-corrected chi connectivity index (χ3v) is 2.37. The molecule has 0 aliphatic carbocycles. The van der Waals surface area contributed by atoms with E-state index >= 15 is 0 Å². The molecule has 1 aromatic carbocycles. The first kappa shape index (κ1) is 15.5. The summed E-state index contributed by atoms with van der Waals surface area (Å²) < 4.78 is 10.4. The van der Waals surface area contributed by atoms with Crippen LogP contribution in [0.4, 0.5) is 0 Å². The first-order valence-electron chi connectivity index (χ1n) is 6.28. The molecule has 19 heavy (non-hydrogen) atoms. The maximum absolute atomic E-state index is 11.5. The van der Waals surface area contributed by atoms with Gasteiger partial charge in [-0.15, -0.1) is 0 Å². The second kappa shape index (κ2) is 8.50. The molecule has 0 aromatic heterocycles. The molecular weight excluding hydrogens is 246 g/mol. The van der Waals surface area contributed by atoms with E-state index in [2.05, 4.69) is 5.32 Å². The van der Waals surface area contributed by atoms with Crippen molar-refractivity contribution in [2.24, 2.45) is 0 Å². The Morgan fingerprint density at radius 1 is 1.21 bits per heavy atom. The van der Waals surface area contributed by atoms with Crippen LogP contribution < -0.4 is 10.1 Å². The molecule has 0 aliphatic rings. The molecule has 0 fully saturated rings. The molecule has 1 aromatic rings. The van der Waals surface area contributed by atoms with Crippen molar-refractivity contribution in [1.82, 2.24) is 5.32 Å². The molecule has 0 atom stereocenters. The quantitative estimate of drug-likeness (QED) is 0.684. The minimum Gasteiger partial charge on any atom is -0.484 e. The number of carbonyl (C=O) groups excluding carboxylic acids is 1. The van der Waals surface area contributed by atoms with Gasteiger partial charge >= 0.3 is 0 Å². The SMILES string of the molecule is Cc1cc(C)cc(OCC(=O)NCCOCCO)c1. The highest BCUT2D eigenvalue weighted by Gasteiger charge is 2.03. The van der Waals surface area contributed by atoms with E-state index in [1.165, 1.54) is 0 Å². The van der Waals surface area contributed by atoms with E-state index in [0.717, 1.165) is 11.1 Å². The van der Waals surface area contributed by atoms with Gasteiger partial charge in [-0.25, -0.2) is 0 Å². The molecule has 0 spiro atoms. The molecule has 1 amide bonds. The van der Waals surface area contributed by atoms with Gasteiger partial charge in [0.05, 0.1) is 19.8 Å². The Labute approximate surface area is 113 Å². The fourth-order valence-corrected chi connectivity index (χ4v) is 1.65. The summed E-state index contributed by atoms with van der Waals surface area (Å²) in [5.41, 5.74) is 2.21. The maximum Gasteiger partial charge on any atom is 0.258 e. The smallest absolute Gasteiger partial charge is 0.258 e. The summed E-state index contributed by atoms with van der Waals surface area (Å²) in [6.07, 6.45) is 0. The second-order valence-corrected chi connectivity index (χ2v) is 4.30. The van der Waals surface area contributed by atoms with Crippen molar-refractivity contribution in [3.05, 3.63) is 29.3 Å². The summed E-state index contributed by atoms with van der Waals surface area (Å²) in [6, 6.07) is 5.83. The molecule has 0 saturated heterocycles. The van der Waals surface area contributed by atoms with Crippen LogP contribution in [0.25, 0.3) is 0 Å². The number of carbonyl (C=O) groups is 1. The van der Waals surface area contributed by atoms with Gasteiger partial charge in [0, 0.05) is 6.54 Å². The summed E-state index contributed by atoms with van der Waals surface area (Å²) in [5, 5.41) is 11.2. The number of ether oxygens (including phenoxy) is 2. The van der Waals surface area contributed by atoms with Gasteiger partial charge in [0.25, 0.3) is 5.91 Å². The van der Waals surface area contributed by atoms with E-state index in [9.17, 15) is 4.79 Å². The fourth-order valence-electron chi connectivity index (χ4n) is 1.65. The van der Waals surface area contributed by atoms with Crippen LogP contribution in [-0.4, -0.2) is 44.0 Å². The summed E-state index contributed by atoms with van der Waals surface area (Å²) in [5.74, 6) is 0.510. The Bertz CT molecular complexity index is 386. The Hall–Kier alpha value is -1.59. The summed E-state index contributed by atoms with van der Waals surface area (Å²) in [7, 11) is 0. The lowest BCUT2D eigenvalue weighted by atomic mass is 10.1. The van der Waals surface area contributed by atoms with Gasteiger partial charge in [-0.2, -0.15) is 0 Å².